The molecule has 16 heavy (non-hydrogen) atoms. The molecule has 2 fully saturated rings. The monoisotopic (exact) mass is 225 g/mol. The summed E-state index contributed by atoms with van der Waals surface area (Å²) >= 11 is 0. The first-order valence-electron chi connectivity index (χ1n) is 6.88. The lowest BCUT2D eigenvalue weighted by Crippen LogP contribution is -2.52. The van der Waals surface area contributed by atoms with Crippen molar-refractivity contribution >= 4 is 0 Å². The van der Waals surface area contributed by atoms with Gasteiger partial charge in [0.1, 0.15) is 0 Å². The van der Waals surface area contributed by atoms with Crippen LogP contribution in [0.2, 0.25) is 0 Å². The quantitative estimate of drug-likeness (QED) is 0.738. The Labute approximate surface area is 99.8 Å². The maximum Gasteiger partial charge on any atom is 0.0316 e. The van der Waals surface area contributed by atoms with Gasteiger partial charge in [-0.25, -0.2) is 0 Å². The van der Waals surface area contributed by atoms with E-state index in [1.807, 2.05) is 0 Å². The summed E-state index contributed by atoms with van der Waals surface area (Å²) in [6.45, 7) is 4.39. The molecule has 94 valence electrons. The molecular formula is C13H27N3. The van der Waals surface area contributed by atoms with Crippen molar-refractivity contribution in [2.45, 2.75) is 44.1 Å². The molecule has 1 unspecified atom stereocenters. The highest BCUT2D eigenvalue weighted by atomic mass is 15.1. The Morgan fingerprint density at radius 1 is 1.31 bits per heavy atom. The molecule has 0 aromatic carbocycles. The molecule has 0 aromatic heterocycles. The van der Waals surface area contributed by atoms with Crippen molar-refractivity contribution in [3.05, 3.63) is 0 Å². The number of hydrogen-bond donors (Lipinski definition) is 2. The predicted octanol–water partition coefficient (Wildman–Crippen LogP) is 1.19. The molecule has 1 saturated heterocycles. The van der Waals surface area contributed by atoms with E-state index in [0.29, 0.717) is 0 Å². The minimum Gasteiger partial charge on any atom is -0.329 e. The highest BCUT2D eigenvalue weighted by molar-refractivity contribution is 4.92. The first kappa shape index (κ1) is 12.3. The lowest BCUT2D eigenvalue weighted by atomic mass is 9.90. The summed E-state index contributed by atoms with van der Waals surface area (Å²) in [5, 5.41) is 3.77. The van der Waals surface area contributed by atoms with Crippen molar-refractivity contribution in [2.75, 3.05) is 33.2 Å². The SMILES string of the molecule is CN1CCCC(CN)(NCCC2CC2)CC1. The van der Waals surface area contributed by atoms with E-state index in [9.17, 15) is 0 Å². The molecular weight excluding hydrogens is 198 g/mol. The molecule has 1 aliphatic heterocycles. The second-order valence-electron chi connectivity index (χ2n) is 5.80. The number of rotatable bonds is 5. The molecule has 3 N–H and O–H groups in total. The van der Waals surface area contributed by atoms with Gasteiger partial charge in [-0.05, 0) is 58.3 Å². The van der Waals surface area contributed by atoms with Gasteiger partial charge in [-0.1, -0.05) is 12.8 Å². The number of nitrogens with one attached hydrogen (secondary N) is 1. The molecule has 3 nitrogen and oxygen atoms in total. The summed E-state index contributed by atoms with van der Waals surface area (Å²) in [4.78, 5) is 2.43. The molecule has 0 amide bonds. The molecule has 3 heteroatoms. The Kier molecular flexibility index (Phi) is 4.22. The van der Waals surface area contributed by atoms with Crippen LogP contribution < -0.4 is 11.1 Å². The van der Waals surface area contributed by atoms with Gasteiger partial charge in [0.2, 0.25) is 0 Å². The van der Waals surface area contributed by atoms with Crippen molar-refractivity contribution in [1.82, 2.24) is 10.2 Å². The summed E-state index contributed by atoms with van der Waals surface area (Å²) in [6.07, 6.45) is 8.02. The van der Waals surface area contributed by atoms with Crippen LogP contribution in [0, 0.1) is 5.92 Å². The Morgan fingerprint density at radius 2 is 2.12 bits per heavy atom. The Bertz CT molecular complexity index is 215. The smallest absolute Gasteiger partial charge is 0.0316 e. The zero-order valence-electron chi connectivity index (χ0n) is 10.7. The van der Waals surface area contributed by atoms with Gasteiger partial charge in [-0.2, -0.15) is 0 Å². The van der Waals surface area contributed by atoms with Crippen LogP contribution in [0.15, 0.2) is 0 Å². The van der Waals surface area contributed by atoms with Crippen LogP contribution in [-0.2, 0) is 0 Å². The van der Waals surface area contributed by atoms with Gasteiger partial charge in [-0.15, -0.1) is 0 Å². The van der Waals surface area contributed by atoms with Crippen molar-refractivity contribution in [1.29, 1.82) is 0 Å². The van der Waals surface area contributed by atoms with E-state index in [4.69, 9.17) is 5.73 Å². The van der Waals surface area contributed by atoms with Gasteiger partial charge >= 0.3 is 0 Å². The molecule has 0 spiro atoms. The average Bonchev–Trinajstić information content (AvgIpc) is 3.09. The van der Waals surface area contributed by atoms with Crippen LogP contribution in [0.25, 0.3) is 0 Å². The van der Waals surface area contributed by atoms with E-state index >= 15 is 0 Å². The standard InChI is InChI=1S/C13H27N3/c1-16-9-2-6-13(11-14,7-10-16)15-8-5-12-3-4-12/h12,15H,2-11,14H2,1H3. The normalized spacial score (nSPS) is 32.6. The minimum atomic E-state index is 0.236. The van der Waals surface area contributed by atoms with Crippen LogP contribution in [0.5, 0.6) is 0 Å². The predicted molar refractivity (Wildman–Crippen MR) is 68.5 cm³/mol. The lowest BCUT2D eigenvalue weighted by Gasteiger charge is -2.33. The maximum atomic E-state index is 6.00. The van der Waals surface area contributed by atoms with Crippen LogP contribution >= 0.6 is 0 Å². The maximum absolute atomic E-state index is 6.00. The molecule has 1 saturated carbocycles. The van der Waals surface area contributed by atoms with E-state index < -0.39 is 0 Å². The highest BCUT2D eigenvalue weighted by Crippen LogP contribution is 2.32. The summed E-state index contributed by atoms with van der Waals surface area (Å²) in [6, 6.07) is 0. The molecule has 2 aliphatic rings. The van der Waals surface area contributed by atoms with Crippen LogP contribution in [-0.4, -0.2) is 43.7 Å². The van der Waals surface area contributed by atoms with E-state index in [0.717, 1.165) is 12.5 Å². The van der Waals surface area contributed by atoms with Crippen LogP contribution in [0.3, 0.4) is 0 Å². The molecule has 2 rings (SSSR count). The molecule has 1 atom stereocenters. The van der Waals surface area contributed by atoms with E-state index in [2.05, 4.69) is 17.3 Å². The zero-order valence-corrected chi connectivity index (χ0v) is 10.7. The number of nitrogens with two attached hydrogens (primary N) is 1. The average molecular weight is 225 g/mol. The Hall–Kier alpha value is -0.120. The summed E-state index contributed by atoms with van der Waals surface area (Å²) in [5.41, 5.74) is 6.24. The summed E-state index contributed by atoms with van der Waals surface area (Å²) < 4.78 is 0. The lowest BCUT2D eigenvalue weighted by molar-refractivity contribution is 0.280. The van der Waals surface area contributed by atoms with Gasteiger partial charge < -0.3 is 16.0 Å². The van der Waals surface area contributed by atoms with Gasteiger partial charge in [0.15, 0.2) is 0 Å². The Balaban J connectivity index is 1.78. The number of nitrogens with zero attached hydrogens (tertiary/aromatic N) is 1. The first-order valence-corrected chi connectivity index (χ1v) is 6.88. The molecule has 0 aromatic rings. The van der Waals surface area contributed by atoms with Crippen molar-refractivity contribution in [2.24, 2.45) is 11.7 Å². The molecule has 0 bridgehead atoms. The largest absolute Gasteiger partial charge is 0.329 e. The summed E-state index contributed by atoms with van der Waals surface area (Å²) in [5.74, 6) is 1.02. The minimum absolute atomic E-state index is 0.236. The van der Waals surface area contributed by atoms with Gasteiger partial charge in [-0.3, -0.25) is 0 Å². The molecule has 0 radical (unpaired) electrons. The second-order valence-corrected chi connectivity index (χ2v) is 5.80. The fourth-order valence-electron chi connectivity index (χ4n) is 2.73. The van der Waals surface area contributed by atoms with Crippen molar-refractivity contribution in [3.63, 3.8) is 0 Å². The van der Waals surface area contributed by atoms with E-state index in [-0.39, 0.29) is 5.54 Å². The van der Waals surface area contributed by atoms with E-state index in [1.54, 1.807) is 0 Å². The van der Waals surface area contributed by atoms with Crippen molar-refractivity contribution < 1.29 is 0 Å². The van der Waals surface area contributed by atoms with Gasteiger partial charge in [0.25, 0.3) is 0 Å². The second kappa shape index (κ2) is 5.48. The molecule has 1 aliphatic carbocycles. The van der Waals surface area contributed by atoms with Crippen LogP contribution in [0.4, 0.5) is 0 Å². The number of hydrogen-bond acceptors (Lipinski definition) is 3. The first-order chi connectivity index (χ1) is 7.74. The van der Waals surface area contributed by atoms with E-state index in [1.165, 1.54) is 58.2 Å². The zero-order chi connectivity index (χ0) is 11.4. The summed E-state index contributed by atoms with van der Waals surface area (Å²) in [7, 11) is 2.22. The third-order valence-electron chi connectivity index (χ3n) is 4.31. The Morgan fingerprint density at radius 3 is 2.81 bits per heavy atom. The molecule has 1 heterocycles. The fourth-order valence-corrected chi connectivity index (χ4v) is 2.73. The van der Waals surface area contributed by atoms with Gasteiger partial charge in [0, 0.05) is 12.1 Å². The van der Waals surface area contributed by atoms with Gasteiger partial charge in [0.05, 0.1) is 0 Å². The third kappa shape index (κ3) is 3.44. The highest BCUT2D eigenvalue weighted by Gasteiger charge is 2.30. The van der Waals surface area contributed by atoms with Crippen molar-refractivity contribution in [3.8, 4) is 0 Å². The van der Waals surface area contributed by atoms with Crippen LogP contribution in [0.1, 0.15) is 38.5 Å². The fraction of sp³-hybridized carbons (Fsp3) is 1.00. The topological polar surface area (TPSA) is 41.3 Å². The number of likely N-dealkylation sites (tertiary alicyclic amines) is 1. The third-order valence-corrected chi connectivity index (χ3v) is 4.31.